The summed E-state index contributed by atoms with van der Waals surface area (Å²) in [6.07, 6.45) is -0.589. The second-order valence-corrected chi connectivity index (χ2v) is 4.43. The average Bonchev–Trinajstić information content (AvgIpc) is 2.48. The van der Waals surface area contributed by atoms with Gasteiger partial charge in [-0.1, -0.05) is 24.3 Å². The van der Waals surface area contributed by atoms with Gasteiger partial charge < -0.3 is 14.6 Å². The number of halogens is 1. The molecule has 4 heteroatoms. The SMILES string of the molecule is COc1ccc(C(O)Cc2ccccc2F)cc1OC. The van der Waals surface area contributed by atoms with E-state index in [-0.39, 0.29) is 12.2 Å². The molecular weight excluding hydrogens is 259 g/mol. The molecule has 0 fully saturated rings. The van der Waals surface area contributed by atoms with E-state index in [4.69, 9.17) is 9.47 Å². The summed E-state index contributed by atoms with van der Waals surface area (Å²) in [6.45, 7) is 0. The normalized spacial score (nSPS) is 12.0. The molecule has 2 rings (SSSR count). The van der Waals surface area contributed by atoms with Crippen molar-refractivity contribution in [1.82, 2.24) is 0 Å². The number of hydrogen-bond donors (Lipinski definition) is 1. The number of rotatable bonds is 5. The molecule has 0 aromatic heterocycles. The van der Waals surface area contributed by atoms with Crippen LogP contribution in [0.3, 0.4) is 0 Å². The zero-order valence-corrected chi connectivity index (χ0v) is 11.5. The maximum Gasteiger partial charge on any atom is 0.161 e. The second-order valence-electron chi connectivity index (χ2n) is 4.43. The highest BCUT2D eigenvalue weighted by Gasteiger charge is 2.14. The molecule has 0 aliphatic heterocycles. The van der Waals surface area contributed by atoms with Gasteiger partial charge in [-0.05, 0) is 29.3 Å². The second kappa shape index (κ2) is 6.39. The highest BCUT2D eigenvalue weighted by Crippen LogP contribution is 2.31. The van der Waals surface area contributed by atoms with E-state index >= 15 is 0 Å². The van der Waals surface area contributed by atoms with Crippen LogP contribution in [-0.4, -0.2) is 19.3 Å². The number of aliphatic hydroxyl groups is 1. The summed E-state index contributed by atoms with van der Waals surface area (Å²) in [4.78, 5) is 0. The highest BCUT2D eigenvalue weighted by molar-refractivity contribution is 5.43. The summed E-state index contributed by atoms with van der Waals surface area (Å²) in [6, 6.07) is 11.6. The van der Waals surface area contributed by atoms with Crippen molar-refractivity contribution in [3.05, 3.63) is 59.4 Å². The van der Waals surface area contributed by atoms with E-state index in [0.29, 0.717) is 22.6 Å². The molecule has 0 saturated heterocycles. The van der Waals surface area contributed by atoms with E-state index in [0.717, 1.165) is 0 Å². The minimum atomic E-state index is -0.799. The standard InChI is InChI=1S/C16H17FO3/c1-19-15-8-7-12(10-16(15)20-2)14(18)9-11-5-3-4-6-13(11)17/h3-8,10,14,18H,9H2,1-2H3. The Labute approximate surface area is 117 Å². The predicted octanol–water partition coefficient (Wildman–Crippen LogP) is 3.12. The van der Waals surface area contributed by atoms with Gasteiger partial charge in [0.1, 0.15) is 5.82 Å². The summed E-state index contributed by atoms with van der Waals surface area (Å²) in [5.74, 6) is 0.818. The molecule has 0 aliphatic carbocycles. The van der Waals surface area contributed by atoms with Crippen LogP contribution >= 0.6 is 0 Å². The van der Waals surface area contributed by atoms with Crippen LogP contribution in [0.2, 0.25) is 0 Å². The third-order valence-corrected chi connectivity index (χ3v) is 3.16. The first kappa shape index (κ1) is 14.3. The Morgan fingerprint density at radius 1 is 1.05 bits per heavy atom. The van der Waals surface area contributed by atoms with Crippen LogP contribution in [0.25, 0.3) is 0 Å². The average molecular weight is 276 g/mol. The fraction of sp³-hybridized carbons (Fsp3) is 0.250. The molecule has 106 valence electrons. The van der Waals surface area contributed by atoms with Crippen LogP contribution in [-0.2, 0) is 6.42 Å². The maximum absolute atomic E-state index is 13.6. The van der Waals surface area contributed by atoms with Gasteiger partial charge in [0.15, 0.2) is 11.5 Å². The van der Waals surface area contributed by atoms with Crippen LogP contribution in [0.5, 0.6) is 11.5 Å². The molecule has 2 aromatic carbocycles. The smallest absolute Gasteiger partial charge is 0.161 e. The van der Waals surface area contributed by atoms with E-state index in [1.807, 2.05) is 0 Å². The van der Waals surface area contributed by atoms with Crippen molar-refractivity contribution in [2.75, 3.05) is 14.2 Å². The van der Waals surface area contributed by atoms with Gasteiger partial charge in [0.2, 0.25) is 0 Å². The molecule has 0 spiro atoms. The van der Waals surface area contributed by atoms with E-state index in [1.165, 1.54) is 13.2 Å². The molecule has 20 heavy (non-hydrogen) atoms. The molecule has 0 amide bonds. The number of hydrogen-bond acceptors (Lipinski definition) is 3. The molecule has 1 atom stereocenters. The monoisotopic (exact) mass is 276 g/mol. The minimum absolute atomic E-state index is 0.210. The van der Waals surface area contributed by atoms with E-state index in [2.05, 4.69) is 0 Å². The molecule has 1 N–H and O–H groups in total. The third-order valence-electron chi connectivity index (χ3n) is 3.16. The minimum Gasteiger partial charge on any atom is -0.493 e. The maximum atomic E-state index is 13.6. The summed E-state index contributed by atoms with van der Waals surface area (Å²) < 4.78 is 23.9. The number of ether oxygens (including phenoxy) is 2. The largest absolute Gasteiger partial charge is 0.493 e. The van der Waals surface area contributed by atoms with E-state index in [1.54, 1.807) is 43.5 Å². The first-order valence-electron chi connectivity index (χ1n) is 6.29. The van der Waals surface area contributed by atoms with Crippen LogP contribution in [0.4, 0.5) is 4.39 Å². The quantitative estimate of drug-likeness (QED) is 0.912. The van der Waals surface area contributed by atoms with Crippen molar-refractivity contribution in [2.24, 2.45) is 0 Å². The van der Waals surface area contributed by atoms with Crippen molar-refractivity contribution < 1.29 is 19.0 Å². The molecule has 3 nitrogen and oxygen atoms in total. The first-order valence-corrected chi connectivity index (χ1v) is 6.29. The van der Waals surface area contributed by atoms with Crippen LogP contribution in [0.1, 0.15) is 17.2 Å². The van der Waals surface area contributed by atoms with Gasteiger partial charge in [0.25, 0.3) is 0 Å². The van der Waals surface area contributed by atoms with Gasteiger partial charge in [-0.25, -0.2) is 4.39 Å². The van der Waals surface area contributed by atoms with Crippen molar-refractivity contribution in [1.29, 1.82) is 0 Å². The predicted molar refractivity (Wildman–Crippen MR) is 74.6 cm³/mol. The lowest BCUT2D eigenvalue weighted by Gasteiger charge is -2.14. The Hall–Kier alpha value is -2.07. The zero-order chi connectivity index (χ0) is 14.5. The molecule has 0 radical (unpaired) electrons. The summed E-state index contributed by atoms with van der Waals surface area (Å²) in [7, 11) is 3.08. The van der Waals surface area contributed by atoms with Gasteiger partial charge in [-0.3, -0.25) is 0 Å². The van der Waals surface area contributed by atoms with Crippen molar-refractivity contribution in [3.8, 4) is 11.5 Å². The first-order chi connectivity index (χ1) is 9.65. The van der Waals surface area contributed by atoms with E-state index in [9.17, 15) is 9.50 Å². The van der Waals surface area contributed by atoms with E-state index < -0.39 is 6.10 Å². The summed E-state index contributed by atoms with van der Waals surface area (Å²) in [5, 5.41) is 10.2. The molecule has 0 aliphatic rings. The van der Waals surface area contributed by atoms with Gasteiger partial charge in [-0.2, -0.15) is 0 Å². The molecule has 1 unspecified atom stereocenters. The lowest BCUT2D eigenvalue weighted by Crippen LogP contribution is -2.04. The highest BCUT2D eigenvalue weighted by atomic mass is 19.1. The Morgan fingerprint density at radius 2 is 1.75 bits per heavy atom. The number of aliphatic hydroxyl groups excluding tert-OH is 1. The fourth-order valence-electron chi connectivity index (χ4n) is 2.05. The Kier molecular flexibility index (Phi) is 4.58. The zero-order valence-electron chi connectivity index (χ0n) is 11.5. The van der Waals surface area contributed by atoms with Crippen molar-refractivity contribution in [3.63, 3.8) is 0 Å². The molecular formula is C16H17FO3. The number of methoxy groups -OCH3 is 2. The van der Waals surface area contributed by atoms with Crippen molar-refractivity contribution in [2.45, 2.75) is 12.5 Å². The Bertz CT molecular complexity index is 584. The summed E-state index contributed by atoms with van der Waals surface area (Å²) in [5.41, 5.74) is 1.14. The lowest BCUT2D eigenvalue weighted by molar-refractivity contribution is 0.176. The molecule has 2 aromatic rings. The van der Waals surface area contributed by atoms with Gasteiger partial charge >= 0.3 is 0 Å². The Morgan fingerprint density at radius 3 is 2.40 bits per heavy atom. The summed E-state index contributed by atoms with van der Waals surface area (Å²) >= 11 is 0. The molecule has 0 saturated carbocycles. The third kappa shape index (κ3) is 3.08. The lowest BCUT2D eigenvalue weighted by atomic mass is 10.0. The fourth-order valence-corrected chi connectivity index (χ4v) is 2.05. The number of benzene rings is 2. The van der Waals surface area contributed by atoms with Gasteiger partial charge in [0.05, 0.1) is 20.3 Å². The molecule has 0 bridgehead atoms. The van der Waals surface area contributed by atoms with Crippen LogP contribution in [0.15, 0.2) is 42.5 Å². The van der Waals surface area contributed by atoms with Gasteiger partial charge in [-0.15, -0.1) is 0 Å². The van der Waals surface area contributed by atoms with Crippen LogP contribution < -0.4 is 9.47 Å². The van der Waals surface area contributed by atoms with Crippen LogP contribution in [0, 0.1) is 5.82 Å². The van der Waals surface area contributed by atoms with Gasteiger partial charge in [0, 0.05) is 6.42 Å². The Balaban J connectivity index is 2.21. The molecule has 0 heterocycles. The van der Waals surface area contributed by atoms with Crippen molar-refractivity contribution >= 4 is 0 Å². The topological polar surface area (TPSA) is 38.7 Å².